The van der Waals surface area contributed by atoms with Crippen LogP contribution in [-0.2, 0) is 23.0 Å². The first kappa shape index (κ1) is 14.2. The number of aliphatic imine (C=N–C) groups is 1. The molecule has 19 heavy (non-hydrogen) atoms. The fourth-order valence-electron chi connectivity index (χ4n) is 1.83. The first-order valence-corrected chi connectivity index (χ1v) is 8.20. The zero-order valence-corrected chi connectivity index (χ0v) is 12.5. The zero-order valence-electron chi connectivity index (χ0n) is 10.8. The Bertz CT molecular complexity index is 601. The Hall–Kier alpha value is -1.19. The van der Waals surface area contributed by atoms with E-state index in [0.717, 1.165) is 10.6 Å². The van der Waals surface area contributed by atoms with Gasteiger partial charge in [0.25, 0.3) is 0 Å². The van der Waals surface area contributed by atoms with Gasteiger partial charge in [-0.2, -0.15) is 9.30 Å². The van der Waals surface area contributed by atoms with Crippen molar-refractivity contribution in [1.82, 2.24) is 9.29 Å². The van der Waals surface area contributed by atoms with Gasteiger partial charge in [0.1, 0.15) is 0 Å². The van der Waals surface area contributed by atoms with Crippen LogP contribution in [0.15, 0.2) is 4.99 Å². The molecule has 1 aromatic heterocycles. The highest BCUT2D eigenvalue weighted by atomic mass is 32.2. The van der Waals surface area contributed by atoms with Crippen molar-refractivity contribution in [2.45, 2.75) is 32.1 Å². The van der Waals surface area contributed by atoms with Crippen LogP contribution in [0.2, 0.25) is 0 Å². The second-order valence-electron chi connectivity index (χ2n) is 4.58. The lowest BCUT2D eigenvalue weighted by Crippen LogP contribution is -2.39. The quantitative estimate of drug-likeness (QED) is 0.609. The molecule has 1 aromatic rings. The average Bonchev–Trinajstić information content (AvgIpc) is 2.68. The van der Waals surface area contributed by atoms with Crippen LogP contribution < -0.4 is 11.5 Å². The van der Waals surface area contributed by atoms with E-state index in [9.17, 15) is 8.42 Å². The van der Waals surface area contributed by atoms with E-state index in [1.54, 1.807) is 13.8 Å². The summed E-state index contributed by atoms with van der Waals surface area (Å²) >= 11 is 1.33. The monoisotopic (exact) mass is 303 g/mol. The van der Waals surface area contributed by atoms with Gasteiger partial charge in [-0.25, -0.2) is 13.4 Å². The van der Waals surface area contributed by atoms with Crippen molar-refractivity contribution in [3.05, 3.63) is 10.6 Å². The second kappa shape index (κ2) is 5.06. The van der Waals surface area contributed by atoms with Gasteiger partial charge in [-0.15, -0.1) is 0 Å². The summed E-state index contributed by atoms with van der Waals surface area (Å²) in [5.74, 6) is -0.0437. The van der Waals surface area contributed by atoms with Gasteiger partial charge in [0.15, 0.2) is 5.96 Å². The molecule has 2 rings (SSSR count). The van der Waals surface area contributed by atoms with Gasteiger partial charge >= 0.3 is 0 Å². The van der Waals surface area contributed by atoms with E-state index < -0.39 is 15.3 Å². The highest BCUT2D eigenvalue weighted by molar-refractivity contribution is 7.89. The number of nitrogens with two attached hydrogens (primary N) is 2. The first-order valence-electron chi connectivity index (χ1n) is 5.88. The van der Waals surface area contributed by atoms with Crippen molar-refractivity contribution in [2.75, 3.05) is 6.54 Å². The third-order valence-electron chi connectivity index (χ3n) is 2.87. The molecule has 0 radical (unpaired) electrons. The van der Waals surface area contributed by atoms with Gasteiger partial charge in [-0.05, 0) is 13.8 Å². The van der Waals surface area contributed by atoms with Crippen LogP contribution >= 0.6 is 11.3 Å². The summed E-state index contributed by atoms with van der Waals surface area (Å²) in [4.78, 5) is 9.11. The standard InChI is InChI=1S/C10H17N5O2S2/c1-6(2)19(16,17)15-4-3-7-8(5-15)18-10(13-7)14-9(11)12/h6H,3-5H2,1-2H3,(H4,11,12,13,14). The fraction of sp³-hybridized carbons (Fsp3) is 0.600. The molecule has 0 spiro atoms. The Morgan fingerprint density at radius 2 is 2.16 bits per heavy atom. The minimum Gasteiger partial charge on any atom is -0.370 e. The predicted molar refractivity (Wildman–Crippen MR) is 75.8 cm³/mol. The number of fused-ring (bicyclic) bond motifs is 1. The van der Waals surface area contributed by atoms with Crippen molar-refractivity contribution < 1.29 is 8.42 Å². The molecule has 0 bridgehead atoms. The van der Waals surface area contributed by atoms with Crippen molar-refractivity contribution in [3.8, 4) is 0 Å². The number of hydrogen-bond acceptors (Lipinski definition) is 5. The third-order valence-corrected chi connectivity index (χ3v) is 6.06. The maximum atomic E-state index is 12.1. The van der Waals surface area contributed by atoms with Crippen LogP contribution in [0.5, 0.6) is 0 Å². The molecule has 0 unspecified atom stereocenters. The minimum atomic E-state index is -3.23. The Labute approximate surface area is 116 Å². The number of hydrogen-bond donors (Lipinski definition) is 2. The number of sulfonamides is 1. The SMILES string of the molecule is CC(C)S(=O)(=O)N1CCc2nc(N=C(N)N)sc2C1. The van der Waals surface area contributed by atoms with Gasteiger partial charge < -0.3 is 11.5 Å². The highest BCUT2D eigenvalue weighted by Crippen LogP contribution is 2.31. The Kier molecular flexibility index (Phi) is 3.79. The van der Waals surface area contributed by atoms with E-state index >= 15 is 0 Å². The van der Waals surface area contributed by atoms with Crippen LogP contribution in [-0.4, -0.2) is 35.5 Å². The predicted octanol–water partition coefficient (Wildman–Crippen LogP) is 0.144. The Morgan fingerprint density at radius 3 is 2.74 bits per heavy atom. The maximum absolute atomic E-state index is 12.1. The van der Waals surface area contributed by atoms with E-state index in [-0.39, 0.29) is 5.96 Å². The van der Waals surface area contributed by atoms with Gasteiger partial charge in [0.2, 0.25) is 15.2 Å². The third kappa shape index (κ3) is 2.88. The molecule has 0 aromatic carbocycles. The molecule has 4 N–H and O–H groups in total. The Morgan fingerprint density at radius 1 is 1.47 bits per heavy atom. The molecule has 106 valence electrons. The molecule has 7 nitrogen and oxygen atoms in total. The highest BCUT2D eigenvalue weighted by Gasteiger charge is 2.31. The lowest BCUT2D eigenvalue weighted by molar-refractivity contribution is 0.388. The van der Waals surface area contributed by atoms with E-state index in [1.807, 2.05) is 0 Å². The number of thiazole rings is 1. The van der Waals surface area contributed by atoms with E-state index in [2.05, 4.69) is 9.98 Å². The number of rotatable bonds is 3. The molecule has 0 saturated carbocycles. The largest absolute Gasteiger partial charge is 0.370 e. The van der Waals surface area contributed by atoms with Gasteiger partial charge in [-0.3, -0.25) is 0 Å². The number of aromatic nitrogens is 1. The van der Waals surface area contributed by atoms with E-state index in [1.165, 1.54) is 15.6 Å². The summed E-state index contributed by atoms with van der Waals surface area (Å²) in [7, 11) is -3.23. The normalized spacial score (nSPS) is 16.4. The van der Waals surface area contributed by atoms with Crippen molar-refractivity contribution in [1.29, 1.82) is 0 Å². The topological polar surface area (TPSA) is 115 Å². The summed E-state index contributed by atoms with van der Waals surface area (Å²) in [5, 5.41) is 0.0629. The summed E-state index contributed by atoms with van der Waals surface area (Å²) < 4.78 is 25.7. The molecule has 1 aliphatic heterocycles. The molecule has 9 heteroatoms. The van der Waals surface area contributed by atoms with Crippen molar-refractivity contribution in [3.63, 3.8) is 0 Å². The van der Waals surface area contributed by atoms with E-state index in [0.29, 0.717) is 24.6 Å². The molecular formula is C10H17N5O2S2. The van der Waals surface area contributed by atoms with Crippen LogP contribution in [0.3, 0.4) is 0 Å². The molecule has 0 aliphatic carbocycles. The van der Waals surface area contributed by atoms with Crippen molar-refractivity contribution >= 4 is 32.5 Å². The maximum Gasteiger partial charge on any atom is 0.216 e. The second-order valence-corrected chi connectivity index (χ2v) is 8.13. The molecular weight excluding hydrogens is 286 g/mol. The van der Waals surface area contributed by atoms with Crippen LogP contribution in [0.25, 0.3) is 0 Å². The van der Waals surface area contributed by atoms with Gasteiger partial charge in [0, 0.05) is 24.4 Å². The van der Waals surface area contributed by atoms with Gasteiger partial charge in [0.05, 0.1) is 10.9 Å². The summed E-state index contributed by atoms with van der Waals surface area (Å²) in [6.45, 7) is 4.18. The summed E-state index contributed by atoms with van der Waals surface area (Å²) in [5.41, 5.74) is 11.5. The molecule has 1 aliphatic rings. The fourth-order valence-corrected chi connectivity index (χ4v) is 4.18. The zero-order chi connectivity index (χ0) is 14.2. The number of guanidine groups is 1. The summed E-state index contributed by atoms with van der Waals surface area (Å²) in [6.07, 6.45) is 0.595. The smallest absolute Gasteiger partial charge is 0.216 e. The molecule has 2 heterocycles. The van der Waals surface area contributed by atoms with Crippen molar-refractivity contribution in [2.24, 2.45) is 16.5 Å². The lowest BCUT2D eigenvalue weighted by atomic mass is 10.2. The average molecular weight is 303 g/mol. The molecule has 0 saturated heterocycles. The molecule has 0 atom stereocenters. The molecule has 0 fully saturated rings. The lowest BCUT2D eigenvalue weighted by Gasteiger charge is -2.26. The van der Waals surface area contributed by atoms with E-state index in [4.69, 9.17) is 11.5 Å². The Balaban J connectivity index is 2.25. The van der Waals surface area contributed by atoms with Crippen LogP contribution in [0.4, 0.5) is 5.13 Å². The van der Waals surface area contributed by atoms with Crippen LogP contribution in [0, 0.1) is 0 Å². The minimum absolute atomic E-state index is 0.0437. The van der Waals surface area contributed by atoms with Crippen LogP contribution in [0.1, 0.15) is 24.4 Å². The first-order chi connectivity index (χ1) is 8.80. The number of nitrogens with zero attached hydrogens (tertiary/aromatic N) is 3. The summed E-state index contributed by atoms with van der Waals surface area (Å²) in [6, 6.07) is 0. The van der Waals surface area contributed by atoms with Gasteiger partial charge in [-0.1, -0.05) is 11.3 Å². The molecule has 0 amide bonds.